The molecule has 122 valence electrons. The van der Waals surface area contributed by atoms with Crippen LogP contribution in [0, 0.1) is 5.41 Å². The molecular formula is C16H30N2O3. The van der Waals surface area contributed by atoms with Crippen LogP contribution in [0.4, 0.5) is 0 Å². The average Bonchev–Trinajstić information content (AvgIpc) is 2.86. The van der Waals surface area contributed by atoms with E-state index in [2.05, 4.69) is 5.32 Å². The van der Waals surface area contributed by atoms with Crippen LogP contribution >= 0.6 is 0 Å². The molecule has 0 radical (unpaired) electrons. The molecule has 2 unspecified atom stereocenters. The first-order valence-corrected chi connectivity index (χ1v) is 7.88. The second-order valence-electron chi connectivity index (χ2n) is 7.28. The van der Waals surface area contributed by atoms with Crippen LogP contribution in [0.25, 0.3) is 0 Å². The van der Waals surface area contributed by atoms with E-state index in [-0.39, 0.29) is 24.5 Å². The minimum atomic E-state index is -0.470. The molecule has 0 aliphatic carbocycles. The highest BCUT2D eigenvalue weighted by Crippen LogP contribution is 2.26. The third-order valence-corrected chi connectivity index (χ3v) is 4.33. The van der Waals surface area contributed by atoms with Crippen molar-refractivity contribution in [1.82, 2.24) is 10.2 Å². The molecule has 1 fully saturated rings. The highest BCUT2D eigenvalue weighted by molar-refractivity contribution is 5.90. The molecule has 2 N–H and O–H groups in total. The molecule has 1 aliphatic rings. The Morgan fingerprint density at radius 1 is 1.29 bits per heavy atom. The summed E-state index contributed by atoms with van der Waals surface area (Å²) in [5, 5.41) is 12.2. The third kappa shape index (κ3) is 4.43. The standard InChI is InChI=1S/C16H30N2O3/c1-6-16(5,9-11-19)17-13(20)12-8-7-10-18(12)14(21)15(2,3)4/h12,19H,6-11H2,1-5H3,(H,17,20). The Balaban J connectivity index is 2.79. The van der Waals surface area contributed by atoms with Crippen molar-refractivity contribution in [1.29, 1.82) is 0 Å². The van der Waals surface area contributed by atoms with E-state index in [0.717, 1.165) is 12.8 Å². The van der Waals surface area contributed by atoms with Crippen LogP contribution < -0.4 is 5.32 Å². The average molecular weight is 298 g/mol. The number of likely N-dealkylation sites (tertiary alicyclic amines) is 1. The molecule has 0 spiro atoms. The number of hydrogen-bond donors (Lipinski definition) is 2. The van der Waals surface area contributed by atoms with Crippen molar-refractivity contribution >= 4 is 11.8 Å². The second-order valence-corrected chi connectivity index (χ2v) is 7.28. The van der Waals surface area contributed by atoms with E-state index in [0.29, 0.717) is 19.4 Å². The number of aliphatic hydroxyl groups excluding tert-OH is 1. The van der Waals surface area contributed by atoms with Crippen LogP contribution in [-0.2, 0) is 9.59 Å². The molecule has 0 bridgehead atoms. The van der Waals surface area contributed by atoms with E-state index < -0.39 is 11.0 Å². The molecular weight excluding hydrogens is 268 g/mol. The first kappa shape index (κ1) is 18.0. The smallest absolute Gasteiger partial charge is 0.243 e. The Hall–Kier alpha value is -1.10. The van der Waals surface area contributed by atoms with E-state index in [4.69, 9.17) is 5.11 Å². The Morgan fingerprint density at radius 2 is 1.90 bits per heavy atom. The van der Waals surface area contributed by atoms with Gasteiger partial charge in [-0.3, -0.25) is 9.59 Å². The molecule has 1 saturated heterocycles. The summed E-state index contributed by atoms with van der Waals surface area (Å²) in [5.74, 6) is -0.0663. The van der Waals surface area contributed by atoms with Gasteiger partial charge in [0, 0.05) is 24.1 Å². The Morgan fingerprint density at radius 3 is 2.38 bits per heavy atom. The van der Waals surface area contributed by atoms with Crippen molar-refractivity contribution < 1.29 is 14.7 Å². The number of nitrogens with one attached hydrogen (secondary N) is 1. The topological polar surface area (TPSA) is 69.6 Å². The molecule has 0 aromatic carbocycles. The van der Waals surface area contributed by atoms with Gasteiger partial charge in [-0.2, -0.15) is 0 Å². The summed E-state index contributed by atoms with van der Waals surface area (Å²) < 4.78 is 0. The van der Waals surface area contributed by atoms with Crippen LogP contribution in [0.3, 0.4) is 0 Å². The molecule has 2 atom stereocenters. The normalized spacial score (nSPS) is 22.0. The van der Waals surface area contributed by atoms with Gasteiger partial charge < -0.3 is 15.3 Å². The summed E-state index contributed by atoms with van der Waals surface area (Å²) in [6.07, 6.45) is 2.85. The quantitative estimate of drug-likeness (QED) is 0.811. The summed E-state index contributed by atoms with van der Waals surface area (Å²) in [4.78, 5) is 26.7. The fourth-order valence-corrected chi connectivity index (χ4v) is 2.67. The van der Waals surface area contributed by atoms with Gasteiger partial charge in [0.15, 0.2) is 0 Å². The van der Waals surface area contributed by atoms with Crippen molar-refractivity contribution in [3.05, 3.63) is 0 Å². The Labute approximate surface area is 128 Å². The molecule has 1 heterocycles. The van der Waals surface area contributed by atoms with Crippen molar-refractivity contribution in [2.75, 3.05) is 13.2 Å². The zero-order valence-corrected chi connectivity index (χ0v) is 14.0. The van der Waals surface area contributed by atoms with Gasteiger partial charge in [0.05, 0.1) is 0 Å². The monoisotopic (exact) mass is 298 g/mol. The maximum Gasteiger partial charge on any atom is 0.243 e. The van der Waals surface area contributed by atoms with Gasteiger partial charge in [0.1, 0.15) is 6.04 Å². The molecule has 0 saturated carbocycles. The van der Waals surface area contributed by atoms with Crippen LogP contribution in [0.2, 0.25) is 0 Å². The van der Waals surface area contributed by atoms with Crippen LogP contribution in [-0.4, -0.2) is 46.6 Å². The van der Waals surface area contributed by atoms with E-state index in [1.54, 1.807) is 4.90 Å². The fourth-order valence-electron chi connectivity index (χ4n) is 2.67. The predicted molar refractivity (Wildman–Crippen MR) is 82.7 cm³/mol. The maximum atomic E-state index is 12.5. The number of amides is 2. The molecule has 5 heteroatoms. The van der Waals surface area contributed by atoms with Crippen molar-refractivity contribution in [2.45, 2.75) is 71.9 Å². The Bertz CT molecular complexity index is 389. The molecule has 0 aromatic rings. The fraction of sp³-hybridized carbons (Fsp3) is 0.875. The van der Waals surface area contributed by atoms with Crippen molar-refractivity contribution in [2.24, 2.45) is 5.41 Å². The minimum absolute atomic E-state index is 0.0282. The van der Waals surface area contributed by atoms with Gasteiger partial charge in [-0.15, -0.1) is 0 Å². The van der Waals surface area contributed by atoms with Crippen molar-refractivity contribution in [3.63, 3.8) is 0 Å². The van der Waals surface area contributed by atoms with Gasteiger partial charge >= 0.3 is 0 Å². The van der Waals surface area contributed by atoms with E-state index in [1.807, 2.05) is 34.6 Å². The van der Waals surface area contributed by atoms with Gasteiger partial charge in [-0.25, -0.2) is 0 Å². The van der Waals surface area contributed by atoms with Gasteiger partial charge in [0.2, 0.25) is 11.8 Å². The summed E-state index contributed by atoms with van der Waals surface area (Å²) >= 11 is 0. The maximum absolute atomic E-state index is 12.5. The summed E-state index contributed by atoms with van der Waals surface area (Å²) in [5.41, 5.74) is -0.882. The third-order valence-electron chi connectivity index (χ3n) is 4.33. The number of carbonyl (C=O) groups is 2. The molecule has 21 heavy (non-hydrogen) atoms. The molecule has 2 amide bonds. The van der Waals surface area contributed by atoms with Gasteiger partial charge in [0.25, 0.3) is 0 Å². The predicted octanol–water partition coefficient (Wildman–Crippen LogP) is 1.69. The number of nitrogens with zero attached hydrogens (tertiary/aromatic N) is 1. The first-order valence-electron chi connectivity index (χ1n) is 7.88. The SMILES string of the molecule is CCC(C)(CCO)NC(=O)C1CCCN1C(=O)C(C)(C)C. The summed E-state index contributed by atoms with van der Waals surface area (Å²) in [6.45, 7) is 10.3. The molecule has 0 aromatic heterocycles. The number of rotatable bonds is 5. The lowest BCUT2D eigenvalue weighted by atomic mass is 9.93. The highest BCUT2D eigenvalue weighted by atomic mass is 16.3. The second kappa shape index (κ2) is 6.77. The largest absolute Gasteiger partial charge is 0.396 e. The van der Waals surface area contributed by atoms with E-state index >= 15 is 0 Å². The molecule has 5 nitrogen and oxygen atoms in total. The van der Waals surface area contributed by atoms with E-state index in [9.17, 15) is 9.59 Å². The first-order chi connectivity index (χ1) is 9.64. The van der Waals surface area contributed by atoms with Gasteiger partial charge in [-0.1, -0.05) is 27.7 Å². The van der Waals surface area contributed by atoms with Crippen LogP contribution in [0.5, 0.6) is 0 Å². The zero-order chi connectivity index (χ0) is 16.3. The lowest BCUT2D eigenvalue weighted by Gasteiger charge is -2.34. The van der Waals surface area contributed by atoms with Crippen LogP contribution in [0.15, 0.2) is 0 Å². The van der Waals surface area contributed by atoms with Gasteiger partial charge in [-0.05, 0) is 32.6 Å². The lowest BCUT2D eigenvalue weighted by Crippen LogP contribution is -2.55. The Kier molecular flexibility index (Phi) is 5.79. The lowest BCUT2D eigenvalue weighted by molar-refractivity contribution is -0.145. The van der Waals surface area contributed by atoms with E-state index in [1.165, 1.54) is 0 Å². The minimum Gasteiger partial charge on any atom is -0.396 e. The number of carbonyl (C=O) groups excluding carboxylic acids is 2. The molecule has 1 rings (SSSR count). The van der Waals surface area contributed by atoms with Crippen LogP contribution in [0.1, 0.15) is 60.3 Å². The highest BCUT2D eigenvalue weighted by Gasteiger charge is 2.39. The van der Waals surface area contributed by atoms with Crippen molar-refractivity contribution in [3.8, 4) is 0 Å². The molecule has 1 aliphatic heterocycles. The number of aliphatic hydroxyl groups is 1. The number of hydrogen-bond acceptors (Lipinski definition) is 3. The summed E-state index contributed by atoms with van der Waals surface area (Å²) in [7, 11) is 0. The zero-order valence-electron chi connectivity index (χ0n) is 14.0. The summed E-state index contributed by atoms with van der Waals surface area (Å²) in [6, 6.07) is -0.374.